The Kier molecular flexibility index (Phi) is 2.83. The molecule has 0 saturated carbocycles. The minimum Gasteiger partial charge on any atom is -0.307 e. The molecule has 0 aliphatic carbocycles. The van der Waals surface area contributed by atoms with Crippen molar-refractivity contribution in [1.29, 1.82) is 0 Å². The summed E-state index contributed by atoms with van der Waals surface area (Å²) >= 11 is 0. The fraction of sp³-hybridized carbons (Fsp3) is 0.462. The molecule has 5 nitrogen and oxygen atoms in total. The van der Waals surface area contributed by atoms with Gasteiger partial charge in [0.05, 0.1) is 6.04 Å². The second-order valence-electron chi connectivity index (χ2n) is 4.62. The molecule has 18 heavy (non-hydrogen) atoms. The first-order valence-corrected chi connectivity index (χ1v) is 6.39. The van der Waals surface area contributed by atoms with Crippen LogP contribution in [-0.2, 0) is 6.54 Å². The van der Waals surface area contributed by atoms with Crippen LogP contribution in [0.5, 0.6) is 0 Å². The molecule has 0 aromatic carbocycles. The number of nitrogens with one attached hydrogen (secondary N) is 1. The van der Waals surface area contributed by atoms with Crippen LogP contribution in [0, 0.1) is 6.92 Å². The molecule has 1 aliphatic rings. The van der Waals surface area contributed by atoms with Crippen molar-refractivity contribution in [3.8, 4) is 11.5 Å². The summed E-state index contributed by atoms with van der Waals surface area (Å²) in [6.07, 6.45) is 2.84. The van der Waals surface area contributed by atoms with Gasteiger partial charge in [0.15, 0.2) is 11.6 Å². The van der Waals surface area contributed by atoms with Crippen LogP contribution >= 0.6 is 0 Å². The highest BCUT2D eigenvalue weighted by atomic mass is 15.3. The smallest absolute Gasteiger partial charge is 0.182 e. The second-order valence-corrected chi connectivity index (χ2v) is 4.62. The Morgan fingerprint density at radius 1 is 1.44 bits per heavy atom. The molecule has 5 heteroatoms. The summed E-state index contributed by atoms with van der Waals surface area (Å²) < 4.78 is 2.19. The molecule has 1 unspecified atom stereocenters. The van der Waals surface area contributed by atoms with Crippen molar-refractivity contribution in [3.05, 3.63) is 29.7 Å². The van der Waals surface area contributed by atoms with Gasteiger partial charge in [0, 0.05) is 19.3 Å². The maximum atomic E-state index is 4.44. The number of hydrogen-bond donors (Lipinski definition) is 1. The van der Waals surface area contributed by atoms with Gasteiger partial charge in [-0.1, -0.05) is 13.0 Å². The molecule has 0 fully saturated rings. The highest BCUT2D eigenvalue weighted by molar-refractivity contribution is 5.54. The molecule has 0 saturated heterocycles. The predicted molar refractivity (Wildman–Crippen MR) is 69.0 cm³/mol. The van der Waals surface area contributed by atoms with Crippen molar-refractivity contribution in [2.24, 2.45) is 0 Å². The standard InChI is InChI=1S/C13H17N5/c1-3-10-12-16-17-13(18(12)8-7-14-10)11-9(2)5-4-6-15-11/h4-6,10,14H,3,7-8H2,1-2H3. The zero-order chi connectivity index (χ0) is 12.5. The van der Waals surface area contributed by atoms with Crippen LogP contribution in [-0.4, -0.2) is 26.3 Å². The van der Waals surface area contributed by atoms with Gasteiger partial charge in [-0.05, 0) is 25.0 Å². The highest BCUT2D eigenvalue weighted by Gasteiger charge is 2.24. The third kappa shape index (κ3) is 1.71. The van der Waals surface area contributed by atoms with E-state index in [1.165, 1.54) is 0 Å². The fourth-order valence-electron chi connectivity index (χ4n) is 2.46. The lowest BCUT2D eigenvalue weighted by Gasteiger charge is -2.24. The molecule has 0 spiro atoms. The maximum absolute atomic E-state index is 4.44. The van der Waals surface area contributed by atoms with Gasteiger partial charge >= 0.3 is 0 Å². The van der Waals surface area contributed by atoms with Crippen molar-refractivity contribution in [2.45, 2.75) is 32.9 Å². The lowest BCUT2D eigenvalue weighted by molar-refractivity contribution is 0.407. The molecule has 1 N–H and O–H groups in total. The van der Waals surface area contributed by atoms with Crippen LogP contribution in [0.4, 0.5) is 0 Å². The first-order chi connectivity index (χ1) is 8.81. The van der Waals surface area contributed by atoms with Crippen LogP contribution in [0.3, 0.4) is 0 Å². The summed E-state index contributed by atoms with van der Waals surface area (Å²) in [6.45, 7) is 6.09. The molecular weight excluding hydrogens is 226 g/mol. The largest absolute Gasteiger partial charge is 0.307 e. The van der Waals surface area contributed by atoms with E-state index in [1.54, 1.807) is 0 Å². The van der Waals surface area contributed by atoms with E-state index >= 15 is 0 Å². The molecule has 1 aliphatic heterocycles. The van der Waals surface area contributed by atoms with Gasteiger partial charge in [0.2, 0.25) is 0 Å². The average Bonchev–Trinajstić information content (AvgIpc) is 2.83. The van der Waals surface area contributed by atoms with Crippen molar-refractivity contribution in [2.75, 3.05) is 6.54 Å². The molecule has 0 bridgehead atoms. The lowest BCUT2D eigenvalue weighted by atomic mass is 10.1. The Hall–Kier alpha value is -1.75. The van der Waals surface area contributed by atoms with Gasteiger partial charge < -0.3 is 9.88 Å². The molecule has 0 amide bonds. The van der Waals surface area contributed by atoms with E-state index in [9.17, 15) is 0 Å². The van der Waals surface area contributed by atoms with E-state index < -0.39 is 0 Å². The SMILES string of the molecule is CCC1NCCn2c(-c3ncccc3C)nnc21. The first kappa shape index (κ1) is 11.3. The highest BCUT2D eigenvalue weighted by Crippen LogP contribution is 2.25. The van der Waals surface area contributed by atoms with Gasteiger partial charge in [0.25, 0.3) is 0 Å². The van der Waals surface area contributed by atoms with Crippen LogP contribution in [0.1, 0.15) is 30.8 Å². The Bertz CT molecular complexity index is 560. The topological polar surface area (TPSA) is 55.6 Å². The number of fused-ring (bicyclic) bond motifs is 1. The number of rotatable bonds is 2. The Labute approximate surface area is 106 Å². The summed E-state index contributed by atoms with van der Waals surface area (Å²) in [4.78, 5) is 4.44. The van der Waals surface area contributed by atoms with Gasteiger partial charge in [-0.2, -0.15) is 0 Å². The normalized spacial score (nSPS) is 18.7. The number of hydrogen-bond acceptors (Lipinski definition) is 4. The summed E-state index contributed by atoms with van der Waals surface area (Å²) in [5.74, 6) is 1.92. The Morgan fingerprint density at radius 3 is 3.11 bits per heavy atom. The lowest BCUT2D eigenvalue weighted by Crippen LogP contribution is -2.33. The Balaban J connectivity index is 2.10. The monoisotopic (exact) mass is 243 g/mol. The molecule has 0 radical (unpaired) electrons. The van der Waals surface area contributed by atoms with E-state index in [1.807, 2.05) is 12.3 Å². The molecular formula is C13H17N5. The van der Waals surface area contributed by atoms with Gasteiger partial charge in [-0.25, -0.2) is 0 Å². The molecule has 3 rings (SSSR count). The number of pyridine rings is 1. The van der Waals surface area contributed by atoms with Crippen LogP contribution in [0.25, 0.3) is 11.5 Å². The minimum atomic E-state index is 0.309. The van der Waals surface area contributed by atoms with Crippen molar-refractivity contribution in [1.82, 2.24) is 25.1 Å². The zero-order valence-electron chi connectivity index (χ0n) is 10.7. The molecule has 94 valence electrons. The number of aromatic nitrogens is 4. The van der Waals surface area contributed by atoms with E-state index in [0.717, 1.165) is 42.4 Å². The summed E-state index contributed by atoms with van der Waals surface area (Å²) in [7, 11) is 0. The van der Waals surface area contributed by atoms with Crippen molar-refractivity contribution in [3.63, 3.8) is 0 Å². The minimum absolute atomic E-state index is 0.309. The molecule has 2 aromatic rings. The summed E-state index contributed by atoms with van der Waals surface area (Å²) in [5.41, 5.74) is 2.08. The van der Waals surface area contributed by atoms with Crippen molar-refractivity contribution < 1.29 is 0 Å². The van der Waals surface area contributed by atoms with Crippen LogP contribution in [0.2, 0.25) is 0 Å². The van der Waals surface area contributed by atoms with Crippen LogP contribution < -0.4 is 5.32 Å². The van der Waals surface area contributed by atoms with Gasteiger partial charge in [-0.3, -0.25) is 4.98 Å². The summed E-state index contributed by atoms with van der Waals surface area (Å²) in [6, 6.07) is 4.31. The molecule has 1 atom stereocenters. The number of aryl methyl sites for hydroxylation is 1. The van der Waals surface area contributed by atoms with E-state index in [-0.39, 0.29) is 0 Å². The number of nitrogens with zero attached hydrogens (tertiary/aromatic N) is 4. The van der Waals surface area contributed by atoms with Gasteiger partial charge in [0.1, 0.15) is 5.69 Å². The van der Waals surface area contributed by atoms with E-state index in [0.29, 0.717) is 6.04 Å². The second kappa shape index (κ2) is 4.49. The quantitative estimate of drug-likeness (QED) is 0.872. The maximum Gasteiger partial charge on any atom is 0.182 e. The van der Waals surface area contributed by atoms with Crippen molar-refractivity contribution >= 4 is 0 Å². The van der Waals surface area contributed by atoms with E-state index in [2.05, 4.69) is 45.0 Å². The fourth-order valence-corrected chi connectivity index (χ4v) is 2.46. The third-order valence-electron chi connectivity index (χ3n) is 3.45. The third-order valence-corrected chi connectivity index (χ3v) is 3.45. The van der Waals surface area contributed by atoms with Gasteiger partial charge in [-0.15, -0.1) is 10.2 Å². The molecule has 3 heterocycles. The Morgan fingerprint density at radius 2 is 2.33 bits per heavy atom. The predicted octanol–water partition coefficient (Wildman–Crippen LogP) is 1.70. The molecule has 2 aromatic heterocycles. The summed E-state index contributed by atoms with van der Waals surface area (Å²) in [5, 5.41) is 12.1. The van der Waals surface area contributed by atoms with E-state index in [4.69, 9.17) is 0 Å². The first-order valence-electron chi connectivity index (χ1n) is 6.39. The average molecular weight is 243 g/mol. The van der Waals surface area contributed by atoms with Crippen LogP contribution in [0.15, 0.2) is 18.3 Å². The zero-order valence-corrected chi connectivity index (χ0v) is 10.7.